The number of imidazole rings is 1. The zero-order chi connectivity index (χ0) is 29.8. The lowest BCUT2D eigenvalue weighted by atomic mass is 10.0. The molecule has 0 bridgehead atoms. The summed E-state index contributed by atoms with van der Waals surface area (Å²) in [4.78, 5) is 5.17. The fourth-order valence-electron chi connectivity index (χ4n) is 6.39. The van der Waals surface area contributed by atoms with E-state index in [0.717, 1.165) is 25.8 Å². The standard InChI is InChI=1S/C40H70N2/c1-3-5-7-9-11-13-15-16-18-20-22-24-29-36-42-37-39(34-30-33-38-31-26-25-27-32-38)41-40(42)35-28-23-21-19-17-14-12-10-8-6-4-2/h25-27,31-32,37H,3-24,28-30,33-36H2,1-2H3. The number of unbranched alkanes of at least 4 members (excludes halogenated alkanes) is 22. The highest BCUT2D eigenvalue weighted by atomic mass is 15.1. The quantitative estimate of drug-likeness (QED) is 0.0843. The Morgan fingerprint density at radius 1 is 0.452 bits per heavy atom. The van der Waals surface area contributed by atoms with Gasteiger partial charge in [-0.15, -0.1) is 0 Å². The molecule has 0 fully saturated rings. The number of benzene rings is 1. The van der Waals surface area contributed by atoms with Crippen LogP contribution in [0.3, 0.4) is 0 Å². The van der Waals surface area contributed by atoms with Crippen molar-refractivity contribution in [1.29, 1.82) is 0 Å². The van der Waals surface area contributed by atoms with E-state index in [9.17, 15) is 0 Å². The number of hydrogen-bond acceptors (Lipinski definition) is 1. The molecule has 0 radical (unpaired) electrons. The summed E-state index contributed by atoms with van der Waals surface area (Å²) in [6.07, 6.45) is 41.0. The molecule has 1 aromatic carbocycles. The highest BCUT2D eigenvalue weighted by molar-refractivity contribution is 5.15. The Morgan fingerprint density at radius 3 is 1.40 bits per heavy atom. The summed E-state index contributed by atoms with van der Waals surface area (Å²) >= 11 is 0. The molecule has 1 heterocycles. The minimum atomic E-state index is 1.10. The van der Waals surface area contributed by atoms with Crippen LogP contribution in [0.4, 0.5) is 0 Å². The molecular formula is C40H70N2. The molecule has 0 saturated carbocycles. The van der Waals surface area contributed by atoms with Crippen LogP contribution in [0.15, 0.2) is 36.5 Å². The van der Waals surface area contributed by atoms with E-state index in [-0.39, 0.29) is 0 Å². The van der Waals surface area contributed by atoms with E-state index < -0.39 is 0 Å². The molecule has 2 aromatic rings. The van der Waals surface area contributed by atoms with Crippen LogP contribution in [0.25, 0.3) is 0 Å². The van der Waals surface area contributed by atoms with E-state index in [1.165, 1.54) is 178 Å². The third-order valence-electron chi connectivity index (χ3n) is 9.16. The topological polar surface area (TPSA) is 17.8 Å². The van der Waals surface area contributed by atoms with Crippen molar-refractivity contribution in [3.8, 4) is 0 Å². The van der Waals surface area contributed by atoms with Crippen LogP contribution in [0.1, 0.15) is 191 Å². The minimum Gasteiger partial charge on any atom is -0.335 e. The van der Waals surface area contributed by atoms with Crippen LogP contribution < -0.4 is 0 Å². The molecule has 2 rings (SSSR count). The summed E-state index contributed by atoms with van der Waals surface area (Å²) in [5.41, 5.74) is 2.77. The SMILES string of the molecule is CCCCCCCCCCCCCCCn1cc(CCCc2ccccc2)nc1CCCCCCCCCCCCC. The van der Waals surface area contributed by atoms with E-state index in [4.69, 9.17) is 4.98 Å². The first-order chi connectivity index (χ1) is 20.8. The fraction of sp³-hybridized carbons (Fsp3) is 0.775. The predicted octanol–water partition coefficient (Wildman–Crippen LogP) is 13.0. The first-order valence-corrected chi connectivity index (χ1v) is 18.9. The van der Waals surface area contributed by atoms with Crippen LogP contribution in [0, 0.1) is 0 Å². The molecule has 0 aliphatic carbocycles. The van der Waals surface area contributed by atoms with E-state index in [0.29, 0.717) is 0 Å². The largest absolute Gasteiger partial charge is 0.335 e. The number of hydrogen-bond donors (Lipinski definition) is 0. The smallest absolute Gasteiger partial charge is 0.108 e. The van der Waals surface area contributed by atoms with E-state index in [1.54, 1.807) is 0 Å². The molecule has 0 aliphatic rings. The van der Waals surface area contributed by atoms with Gasteiger partial charge in [0.2, 0.25) is 0 Å². The predicted molar refractivity (Wildman–Crippen MR) is 187 cm³/mol. The van der Waals surface area contributed by atoms with Gasteiger partial charge in [0.1, 0.15) is 5.82 Å². The lowest BCUT2D eigenvalue weighted by molar-refractivity contribution is 0.516. The van der Waals surface area contributed by atoms with Crippen molar-refractivity contribution >= 4 is 0 Å². The maximum Gasteiger partial charge on any atom is 0.108 e. The molecule has 0 unspecified atom stereocenters. The highest BCUT2D eigenvalue weighted by Crippen LogP contribution is 2.17. The highest BCUT2D eigenvalue weighted by Gasteiger charge is 2.09. The van der Waals surface area contributed by atoms with Gasteiger partial charge in [-0.25, -0.2) is 4.98 Å². The molecule has 0 atom stereocenters. The Hall–Kier alpha value is -1.57. The number of nitrogens with zero attached hydrogens (tertiary/aromatic N) is 2. The van der Waals surface area contributed by atoms with E-state index in [1.807, 2.05) is 0 Å². The Morgan fingerprint density at radius 2 is 0.905 bits per heavy atom. The van der Waals surface area contributed by atoms with Gasteiger partial charge < -0.3 is 4.57 Å². The normalized spacial score (nSPS) is 11.5. The lowest BCUT2D eigenvalue weighted by Gasteiger charge is -2.08. The van der Waals surface area contributed by atoms with E-state index >= 15 is 0 Å². The van der Waals surface area contributed by atoms with Crippen LogP contribution in [-0.4, -0.2) is 9.55 Å². The first-order valence-electron chi connectivity index (χ1n) is 18.9. The van der Waals surface area contributed by atoms with Gasteiger partial charge in [0.05, 0.1) is 5.69 Å². The monoisotopic (exact) mass is 579 g/mol. The van der Waals surface area contributed by atoms with Crippen molar-refractivity contribution in [2.24, 2.45) is 0 Å². The zero-order valence-electron chi connectivity index (χ0n) is 28.4. The van der Waals surface area contributed by atoms with Crippen LogP contribution >= 0.6 is 0 Å². The van der Waals surface area contributed by atoms with Crippen molar-refractivity contribution in [1.82, 2.24) is 9.55 Å². The number of aryl methyl sites for hydroxylation is 4. The maximum absolute atomic E-state index is 5.17. The summed E-state index contributed by atoms with van der Waals surface area (Å²) in [7, 11) is 0. The van der Waals surface area contributed by atoms with Gasteiger partial charge in [0.15, 0.2) is 0 Å². The molecule has 0 amide bonds. The van der Waals surface area contributed by atoms with Gasteiger partial charge >= 0.3 is 0 Å². The Kier molecular flexibility index (Phi) is 23.6. The van der Waals surface area contributed by atoms with Crippen molar-refractivity contribution in [2.45, 2.75) is 200 Å². The minimum absolute atomic E-state index is 1.10. The summed E-state index contributed by atoms with van der Waals surface area (Å²) in [5.74, 6) is 1.36. The molecule has 2 heteroatoms. The molecule has 0 N–H and O–H groups in total. The van der Waals surface area contributed by atoms with Crippen LogP contribution in [-0.2, 0) is 25.8 Å². The molecule has 0 saturated heterocycles. The van der Waals surface area contributed by atoms with Crippen molar-refractivity contribution < 1.29 is 0 Å². The van der Waals surface area contributed by atoms with Crippen molar-refractivity contribution in [2.75, 3.05) is 0 Å². The average Bonchev–Trinajstić information content (AvgIpc) is 3.40. The molecule has 240 valence electrons. The molecule has 2 nitrogen and oxygen atoms in total. The molecule has 0 aliphatic heterocycles. The van der Waals surface area contributed by atoms with Gasteiger partial charge in [-0.05, 0) is 37.7 Å². The van der Waals surface area contributed by atoms with Crippen molar-refractivity contribution in [3.63, 3.8) is 0 Å². The number of rotatable bonds is 30. The first kappa shape index (κ1) is 36.6. The van der Waals surface area contributed by atoms with Gasteiger partial charge in [-0.2, -0.15) is 0 Å². The van der Waals surface area contributed by atoms with Crippen LogP contribution in [0.2, 0.25) is 0 Å². The Bertz CT molecular complexity index is 823. The average molecular weight is 579 g/mol. The molecular weight excluding hydrogens is 508 g/mol. The summed E-state index contributed by atoms with van der Waals surface area (Å²) in [6, 6.07) is 10.9. The Labute approximate surface area is 262 Å². The zero-order valence-corrected chi connectivity index (χ0v) is 28.4. The number of aromatic nitrogens is 2. The fourth-order valence-corrected chi connectivity index (χ4v) is 6.39. The second-order valence-corrected chi connectivity index (χ2v) is 13.2. The third-order valence-corrected chi connectivity index (χ3v) is 9.16. The third kappa shape index (κ3) is 19.6. The van der Waals surface area contributed by atoms with E-state index in [2.05, 4.69) is 54.9 Å². The van der Waals surface area contributed by atoms with Gasteiger partial charge in [0.25, 0.3) is 0 Å². The van der Waals surface area contributed by atoms with Gasteiger partial charge in [0, 0.05) is 19.2 Å². The molecule has 42 heavy (non-hydrogen) atoms. The Balaban J connectivity index is 1.63. The summed E-state index contributed by atoms with van der Waals surface area (Å²) in [5, 5.41) is 0. The van der Waals surface area contributed by atoms with Crippen LogP contribution in [0.5, 0.6) is 0 Å². The molecule has 1 aromatic heterocycles. The van der Waals surface area contributed by atoms with Gasteiger partial charge in [-0.1, -0.05) is 185 Å². The summed E-state index contributed by atoms with van der Waals surface area (Å²) in [6.45, 7) is 5.77. The molecule has 0 spiro atoms. The van der Waals surface area contributed by atoms with Gasteiger partial charge in [-0.3, -0.25) is 0 Å². The lowest BCUT2D eigenvalue weighted by Crippen LogP contribution is -2.03. The second kappa shape index (κ2) is 27.0. The maximum atomic E-state index is 5.17. The summed E-state index contributed by atoms with van der Waals surface area (Å²) < 4.78 is 2.53. The van der Waals surface area contributed by atoms with Crippen molar-refractivity contribution in [3.05, 3.63) is 53.6 Å². The second-order valence-electron chi connectivity index (χ2n) is 13.2.